The molecule has 0 aliphatic rings. The lowest BCUT2D eigenvalue weighted by atomic mass is 10.1. The Hall–Kier alpha value is -2.11. The molecular formula is C22H30O4Si. The fourth-order valence-corrected chi connectivity index (χ4v) is 3.14. The Kier molecular flexibility index (Phi) is 6.84. The average Bonchev–Trinajstić information content (AvgIpc) is 2.64. The van der Waals surface area contributed by atoms with Gasteiger partial charge >= 0.3 is 5.97 Å². The van der Waals surface area contributed by atoms with E-state index in [4.69, 9.17) is 13.9 Å². The Balaban J connectivity index is 1.88. The molecule has 146 valence electrons. The number of carbonyl (C=O) groups excluding carboxylic acids is 1. The van der Waals surface area contributed by atoms with Crippen LogP contribution in [0.4, 0.5) is 0 Å². The van der Waals surface area contributed by atoms with E-state index in [0.717, 1.165) is 16.9 Å². The summed E-state index contributed by atoms with van der Waals surface area (Å²) < 4.78 is 16.8. The second-order valence-electron chi connectivity index (χ2n) is 8.17. The number of esters is 1. The van der Waals surface area contributed by atoms with Crippen LogP contribution >= 0.6 is 0 Å². The predicted octanol–water partition coefficient (Wildman–Crippen LogP) is 5.57. The Bertz CT molecular complexity index is 743. The Morgan fingerprint density at radius 1 is 0.889 bits per heavy atom. The third-order valence-corrected chi connectivity index (χ3v) is 9.59. The summed E-state index contributed by atoms with van der Waals surface area (Å²) in [5, 5.41) is 0.208. The van der Waals surface area contributed by atoms with Crippen molar-refractivity contribution in [3.05, 3.63) is 65.2 Å². The van der Waals surface area contributed by atoms with Gasteiger partial charge in [-0.1, -0.05) is 45.0 Å². The largest absolute Gasteiger partial charge is 0.489 e. The second kappa shape index (κ2) is 8.72. The van der Waals surface area contributed by atoms with E-state index in [9.17, 15) is 4.79 Å². The van der Waals surface area contributed by atoms with Gasteiger partial charge in [0.25, 0.3) is 0 Å². The lowest BCUT2D eigenvalue weighted by Crippen LogP contribution is -2.40. The number of methoxy groups -OCH3 is 1. The van der Waals surface area contributed by atoms with Crippen LogP contribution in [0.1, 0.15) is 42.3 Å². The number of rotatable bonds is 7. The summed E-state index contributed by atoms with van der Waals surface area (Å²) in [5.74, 6) is 0.473. The molecule has 0 aromatic heterocycles. The maximum Gasteiger partial charge on any atom is 0.337 e. The third-order valence-electron chi connectivity index (χ3n) is 5.11. The summed E-state index contributed by atoms with van der Waals surface area (Å²) in [5.41, 5.74) is 2.68. The fraction of sp³-hybridized carbons (Fsp3) is 0.409. The van der Waals surface area contributed by atoms with Crippen molar-refractivity contribution >= 4 is 14.3 Å². The SMILES string of the molecule is COC(=O)c1ccc(COc2ccc(CO[Si](C)(C)C(C)(C)C)cc2)cc1. The highest BCUT2D eigenvalue weighted by Crippen LogP contribution is 2.37. The standard InChI is InChI=1S/C22H30O4Si/c1-22(2,3)27(5,6)26-16-18-9-13-20(14-10-18)25-15-17-7-11-19(12-8-17)21(23)24-4/h7-14H,15-16H2,1-6H3. The molecule has 2 rings (SSSR count). The van der Waals surface area contributed by atoms with E-state index in [1.54, 1.807) is 12.1 Å². The van der Waals surface area contributed by atoms with E-state index in [1.165, 1.54) is 7.11 Å². The first-order valence-electron chi connectivity index (χ1n) is 9.15. The van der Waals surface area contributed by atoms with Crippen molar-refractivity contribution in [2.24, 2.45) is 0 Å². The van der Waals surface area contributed by atoms with Crippen LogP contribution in [-0.4, -0.2) is 21.4 Å². The van der Waals surface area contributed by atoms with Gasteiger partial charge in [-0.25, -0.2) is 4.79 Å². The molecule has 0 aliphatic carbocycles. The monoisotopic (exact) mass is 386 g/mol. The molecule has 27 heavy (non-hydrogen) atoms. The fourth-order valence-electron chi connectivity index (χ4n) is 2.18. The van der Waals surface area contributed by atoms with Gasteiger partial charge in [0.15, 0.2) is 8.32 Å². The van der Waals surface area contributed by atoms with E-state index >= 15 is 0 Å². The van der Waals surface area contributed by atoms with Gasteiger partial charge in [0, 0.05) is 0 Å². The molecule has 0 bridgehead atoms. The molecule has 0 unspecified atom stereocenters. The minimum atomic E-state index is -1.74. The van der Waals surface area contributed by atoms with Gasteiger partial charge in [-0.15, -0.1) is 0 Å². The predicted molar refractivity (Wildman–Crippen MR) is 111 cm³/mol. The molecule has 0 saturated carbocycles. The van der Waals surface area contributed by atoms with Crippen molar-refractivity contribution in [3.8, 4) is 5.75 Å². The van der Waals surface area contributed by atoms with E-state index < -0.39 is 8.32 Å². The Morgan fingerprint density at radius 2 is 1.41 bits per heavy atom. The van der Waals surface area contributed by atoms with Crippen LogP contribution in [0.15, 0.2) is 48.5 Å². The molecule has 0 atom stereocenters. The number of hydrogen-bond acceptors (Lipinski definition) is 4. The summed E-state index contributed by atoms with van der Waals surface area (Å²) in [6, 6.07) is 15.2. The first-order valence-corrected chi connectivity index (χ1v) is 12.1. The smallest absolute Gasteiger partial charge is 0.337 e. The number of benzene rings is 2. The summed E-state index contributed by atoms with van der Waals surface area (Å²) in [7, 11) is -0.365. The average molecular weight is 387 g/mol. The van der Waals surface area contributed by atoms with Gasteiger partial charge in [0.2, 0.25) is 0 Å². The quantitative estimate of drug-likeness (QED) is 0.461. The molecule has 4 nitrogen and oxygen atoms in total. The van der Waals surface area contributed by atoms with Gasteiger partial charge in [-0.05, 0) is 53.5 Å². The third kappa shape index (κ3) is 5.94. The normalized spacial score (nSPS) is 11.9. The lowest BCUT2D eigenvalue weighted by molar-refractivity contribution is 0.0600. The first kappa shape index (κ1) is 21.2. The van der Waals surface area contributed by atoms with Crippen LogP contribution in [-0.2, 0) is 22.4 Å². The Labute approximate surface area is 163 Å². The molecule has 0 amide bonds. The summed E-state index contributed by atoms with van der Waals surface area (Å²) in [6.45, 7) is 12.3. The van der Waals surface area contributed by atoms with Crippen molar-refractivity contribution in [1.82, 2.24) is 0 Å². The van der Waals surface area contributed by atoms with Gasteiger partial charge in [0.05, 0.1) is 19.3 Å². The highest BCUT2D eigenvalue weighted by molar-refractivity contribution is 6.74. The zero-order chi connectivity index (χ0) is 20.1. The highest BCUT2D eigenvalue weighted by Gasteiger charge is 2.36. The van der Waals surface area contributed by atoms with Crippen molar-refractivity contribution < 1.29 is 18.7 Å². The molecular weight excluding hydrogens is 356 g/mol. The summed E-state index contributed by atoms with van der Waals surface area (Å²) >= 11 is 0. The minimum absolute atomic E-state index is 0.208. The van der Waals surface area contributed by atoms with Gasteiger partial charge < -0.3 is 13.9 Å². The molecule has 2 aromatic carbocycles. The zero-order valence-electron chi connectivity index (χ0n) is 17.2. The molecule has 0 N–H and O–H groups in total. The highest BCUT2D eigenvalue weighted by atomic mass is 28.4. The molecule has 0 spiro atoms. The molecule has 2 aromatic rings. The summed E-state index contributed by atoms with van der Waals surface area (Å²) in [6.07, 6.45) is 0. The Morgan fingerprint density at radius 3 is 1.93 bits per heavy atom. The number of ether oxygens (including phenoxy) is 2. The second-order valence-corrected chi connectivity index (χ2v) is 13.0. The van der Waals surface area contributed by atoms with Crippen LogP contribution < -0.4 is 4.74 Å². The maximum atomic E-state index is 11.4. The van der Waals surface area contributed by atoms with Crippen molar-refractivity contribution in [2.45, 2.75) is 52.1 Å². The molecule has 0 fully saturated rings. The van der Waals surface area contributed by atoms with E-state index in [2.05, 4.69) is 33.9 Å². The van der Waals surface area contributed by atoms with Crippen LogP contribution in [0.3, 0.4) is 0 Å². The van der Waals surface area contributed by atoms with Crippen molar-refractivity contribution in [1.29, 1.82) is 0 Å². The van der Waals surface area contributed by atoms with Crippen LogP contribution in [0.25, 0.3) is 0 Å². The first-order chi connectivity index (χ1) is 12.6. The van der Waals surface area contributed by atoms with Crippen LogP contribution in [0.5, 0.6) is 5.75 Å². The summed E-state index contributed by atoms with van der Waals surface area (Å²) in [4.78, 5) is 11.4. The van der Waals surface area contributed by atoms with Gasteiger partial charge in [0.1, 0.15) is 12.4 Å². The molecule has 5 heteroatoms. The molecule has 0 aliphatic heterocycles. The topological polar surface area (TPSA) is 44.8 Å². The number of hydrogen-bond donors (Lipinski definition) is 0. The van der Waals surface area contributed by atoms with Crippen molar-refractivity contribution in [3.63, 3.8) is 0 Å². The molecule has 0 radical (unpaired) electrons. The van der Waals surface area contributed by atoms with E-state index in [1.807, 2.05) is 36.4 Å². The lowest BCUT2D eigenvalue weighted by Gasteiger charge is -2.36. The van der Waals surface area contributed by atoms with Crippen molar-refractivity contribution in [2.75, 3.05) is 7.11 Å². The van der Waals surface area contributed by atoms with Crippen LogP contribution in [0.2, 0.25) is 18.1 Å². The van der Waals surface area contributed by atoms with Gasteiger partial charge in [-0.2, -0.15) is 0 Å². The van der Waals surface area contributed by atoms with E-state index in [0.29, 0.717) is 18.8 Å². The number of carbonyl (C=O) groups is 1. The van der Waals surface area contributed by atoms with E-state index in [-0.39, 0.29) is 11.0 Å². The molecule has 0 heterocycles. The minimum Gasteiger partial charge on any atom is -0.489 e. The maximum absolute atomic E-state index is 11.4. The van der Waals surface area contributed by atoms with Crippen LogP contribution in [0, 0.1) is 0 Å². The zero-order valence-corrected chi connectivity index (χ0v) is 18.2. The molecule has 0 saturated heterocycles. The van der Waals surface area contributed by atoms with Gasteiger partial charge in [-0.3, -0.25) is 0 Å².